The molecule has 1 aromatic rings. The molecule has 3 heteroatoms. The molecule has 0 saturated carbocycles. The van der Waals surface area contributed by atoms with Gasteiger partial charge in [-0.2, -0.15) is 0 Å². The second kappa shape index (κ2) is 5.67. The van der Waals surface area contributed by atoms with Crippen LogP contribution in [0.25, 0.3) is 0 Å². The van der Waals surface area contributed by atoms with E-state index in [1.165, 1.54) is 31.4 Å². The van der Waals surface area contributed by atoms with Crippen LogP contribution in [0.5, 0.6) is 0 Å². The van der Waals surface area contributed by atoms with E-state index in [9.17, 15) is 0 Å². The van der Waals surface area contributed by atoms with Crippen molar-refractivity contribution >= 4 is 21.7 Å². The van der Waals surface area contributed by atoms with Crippen LogP contribution in [0.4, 0.5) is 5.82 Å². The highest BCUT2D eigenvalue weighted by molar-refractivity contribution is 9.09. The Balaban J connectivity index is 2.01. The summed E-state index contributed by atoms with van der Waals surface area (Å²) in [6, 6.07) is 4.29. The lowest BCUT2D eigenvalue weighted by atomic mass is 9.96. The fourth-order valence-electron chi connectivity index (χ4n) is 2.31. The smallest absolute Gasteiger partial charge is 0.128 e. The lowest BCUT2D eigenvalue weighted by Gasteiger charge is -2.33. The van der Waals surface area contributed by atoms with E-state index >= 15 is 0 Å². The van der Waals surface area contributed by atoms with Gasteiger partial charge in [0.1, 0.15) is 5.82 Å². The Morgan fingerprint density at radius 1 is 1.50 bits per heavy atom. The number of piperidine rings is 1. The van der Waals surface area contributed by atoms with Crippen LogP contribution in [0.1, 0.15) is 24.8 Å². The van der Waals surface area contributed by atoms with Crippen molar-refractivity contribution < 1.29 is 0 Å². The van der Waals surface area contributed by atoms with Gasteiger partial charge >= 0.3 is 0 Å². The highest BCUT2D eigenvalue weighted by Crippen LogP contribution is 2.24. The maximum atomic E-state index is 4.51. The highest BCUT2D eigenvalue weighted by Gasteiger charge is 2.19. The molecule has 0 N–H and O–H groups in total. The standard InChI is InChI=1S/C13H19BrN2/c1-11-4-5-13(15-9-11)16-8-2-3-12(10-16)6-7-14/h4-5,9,12H,2-3,6-8,10H2,1H3. The number of alkyl halides is 1. The van der Waals surface area contributed by atoms with Gasteiger partial charge in [-0.25, -0.2) is 4.98 Å². The number of aromatic nitrogens is 1. The van der Waals surface area contributed by atoms with Crippen molar-refractivity contribution in [2.75, 3.05) is 23.3 Å². The lowest BCUT2D eigenvalue weighted by Crippen LogP contribution is -2.36. The van der Waals surface area contributed by atoms with Crippen LogP contribution < -0.4 is 4.90 Å². The van der Waals surface area contributed by atoms with Gasteiger partial charge in [0.25, 0.3) is 0 Å². The Hall–Kier alpha value is -0.570. The number of halogens is 1. The molecule has 0 amide bonds. The second-order valence-corrected chi connectivity index (χ2v) is 5.42. The molecule has 0 aliphatic carbocycles. The van der Waals surface area contributed by atoms with Crippen LogP contribution in [0.3, 0.4) is 0 Å². The van der Waals surface area contributed by atoms with Gasteiger partial charge in [0.05, 0.1) is 0 Å². The lowest BCUT2D eigenvalue weighted by molar-refractivity contribution is 0.406. The summed E-state index contributed by atoms with van der Waals surface area (Å²) < 4.78 is 0. The molecule has 0 radical (unpaired) electrons. The molecule has 1 aliphatic heterocycles. The molecule has 1 aliphatic rings. The summed E-state index contributed by atoms with van der Waals surface area (Å²) >= 11 is 3.54. The number of hydrogen-bond donors (Lipinski definition) is 0. The molecule has 1 saturated heterocycles. The number of nitrogens with zero attached hydrogens (tertiary/aromatic N) is 2. The third kappa shape index (κ3) is 2.97. The van der Waals surface area contributed by atoms with Gasteiger partial charge in [0.15, 0.2) is 0 Å². The third-order valence-electron chi connectivity index (χ3n) is 3.26. The Morgan fingerprint density at radius 2 is 2.38 bits per heavy atom. The predicted molar refractivity (Wildman–Crippen MR) is 72.3 cm³/mol. The first-order valence-electron chi connectivity index (χ1n) is 6.03. The summed E-state index contributed by atoms with van der Waals surface area (Å²) in [5, 5.41) is 1.12. The Kier molecular flexibility index (Phi) is 4.22. The second-order valence-electron chi connectivity index (χ2n) is 4.63. The SMILES string of the molecule is Cc1ccc(N2CCCC(CCBr)C2)nc1. The van der Waals surface area contributed by atoms with Gasteiger partial charge < -0.3 is 4.90 Å². The molecular weight excluding hydrogens is 264 g/mol. The number of pyridine rings is 1. The molecule has 1 unspecified atom stereocenters. The van der Waals surface area contributed by atoms with Crippen molar-refractivity contribution in [3.8, 4) is 0 Å². The molecule has 1 fully saturated rings. The minimum atomic E-state index is 0.830. The Bertz CT molecular complexity index is 321. The van der Waals surface area contributed by atoms with Crippen molar-refractivity contribution in [2.45, 2.75) is 26.2 Å². The summed E-state index contributed by atoms with van der Waals surface area (Å²) in [4.78, 5) is 6.94. The first-order valence-corrected chi connectivity index (χ1v) is 7.15. The minimum Gasteiger partial charge on any atom is -0.356 e. The molecule has 2 nitrogen and oxygen atoms in total. The normalized spacial score (nSPS) is 21.1. The van der Waals surface area contributed by atoms with Crippen molar-refractivity contribution in [3.05, 3.63) is 23.9 Å². The molecule has 2 rings (SSSR count). The van der Waals surface area contributed by atoms with Crippen molar-refractivity contribution in [1.82, 2.24) is 4.98 Å². The van der Waals surface area contributed by atoms with Crippen molar-refractivity contribution in [1.29, 1.82) is 0 Å². The van der Waals surface area contributed by atoms with Gasteiger partial charge in [0, 0.05) is 24.6 Å². The van der Waals surface area contributed by atoms with Crippen LogP contribution in [0.2, 0.25) is 0 Å². The van der Waals surface area contributed by atoms with Crippen LogP contribution in [-0.4, -0.2) is 23.4 Å². The van der Waals surface area contributed by atoms with Crippen molar-refractivity contribution in [2.24, 2.45) is 5.92 Å². The largest absolute Gasteiger partial charge is 0.356 e. The highest BCUT2D eigenvalue weighted by atomic mass is 79.9. The van der Waals surface area contributed by atoms with Crippen LogP contribution in [0, 0.1) is 12.8 Å². The fraction of sp³-hybridized carbons (Fsp3) is 0.615. The summed E-state index contributed by atoms with van der Waals surface area (Å²) in [7, 11) is 0. The average Bonchev–Trinajstić information content (AvgIpc) is 2.31. The Labute approximate surface area is 106 Å². The number of anilines is 1. The van der Waals surface area contributed by atoms with E-state index in [0.29, 0.717) is 0 Å². The zero-order valence-corrected chi connectivity index (χ0v) is 11.4. The van der Waals surface area contributed by atoms with Crippen molar-refractivity contribution in [3.63, 3.8) is 0 Å². The molecule has 1 aromatic heterocycles. The van der Waals surface area contributed by atoms with E-state index < -0.39 is 0 Å². The first kappa shape index (κ1) is 11.9. The summed E-state index contributed by atoms with van der Waals surface area (Å²) in [6.45, 7) is 4.41. The van der Waals surface area contributed by atoms with E-state index in [1.54, 1.807) is 0 Å². The molecule has 0 spiro atoms. The maximum Gasteiger partial charge on any atom is 0.128 e. The molecule has 1 atom stereocenters. The molecule has 2 heterocycles. The van der Waals surface area contributed by atoms with Crippen LogP contribution in [0.15, 0.2) is 18.3 Å². The molecule has 0 bridgehead atoms. The fourth-order valence-corrected chi connectivity index (χ4v) is 2.96. The topological polar surface area (TPSA) is 16.1 Å². The van der Waals surface area contributed by atoms with E-state index in [2.05, 4.69) is 44.9 Å². The number of hydrogen-bond acceptors (Lipinski definition) is 2. The summed E-state index contributed by atoms with van der Waals surface area (Å²) in [5.74, 6) is 1.97. The zero-order chi connectivity index (χ0) is 11.4. The monoisotopic (exact) mass is 282 g/mol. The summed E-state index contributed by atoms with van der Waals surface area (Å²) in [6.07, 6.45) is 5.91. The van der Waals surface area contributed by atoms with Gasteiger partial charge in [-0.1, -0.05) is 22.0 Å². The zero-order valence-electron chi connectivity index (χ0n) is 9.82. The van der Waals surface area contributed by atoms with Crippen LogP contribution >= 0.6 is 15.9 Å². The maximum absolute atomic E-state index is 4.51. The van der Waals surface area contributed by atoms with E-state index in [1.807, 2.05) is 6.20 Å². The molecule has 16 heavy (non-hydrogen) atoms. The minimum absolute atomic E-state index is 0.830. The number of aryl methyl sites for hydroxylation is 1. The van der Waals surface area contributed by atoms with Gasteiger partial charge in [-0.3, -0.25) is 0 Å². The summed E-state index contributed by atoms with van der Waals surface area (Å²) in [5.41, 5.74) is 1.23. The average molecular weight is 283 g/mol. The van der Waals surface area contributed by atoms with E-state index in [0.717, 1.165) is 23.6 Å². The first-order chi connectivity index (χ1) is 7.79. The van der Waals surface area contributed by atoms with E-state index in [-0.39, 0.29) is 0 Å². The van der Waals surface area contributed by atoms with Gasteiger partial charge in [-0.05, 0) is 43.7 Å². The van der Waals surface area contributed by atoms with Gasteiger partial charge in [-0.15, -0.1) is 0 Å². The molecular formula is C13H19BrN2. The predicted octanol–water partition coefficient (Wildman–Crippen LogP) is 3.39. The third-order valence-corrected chi connectivity index (χ3v) is 3.71. The molecule has 0 aromatic carbocycles. The van der Waals surface area contributed by atoms with E-state index in [4.69, 9.17) is 0 Å². The molecule has 88 valence electrons. The Morgan fingerprint density at radius 3 is 3.06 bits per heavy atom. The quantitative estimate of drug-likeness (QED) is 0.790. The number of rotatable bonds is 3. The van der Waals surface area contributed by atoms with Crippen LogP contribution in [-0.2, 0) is 0 Å². The van der Waals surface area contributed by atoms with Gasteiger partial charge in [0.2, 0.25) is 0 Å².